The van der Waals surface area contributed by atoms with Gasteiger partial charge in [0, 0.05) is 27.5 Å². The molecule has 0 radical (unpaired) electrons. The van der Waals surface area contributed by atoms with Crippen molar-refractivity contribution in [2.45, 2.75) is 26.6 Å². The Balaban J connectivity index is 2.37. The molecule has 1 heterocycles. The summed E-state index contributed by atoms with van der Waals surface area (Å²) in [6.45, 7) is 10.8. The third-order valence-electron chi connectivity index (χ3n) is 3.49. The number of aliphatic imine (C=N–C) groups is 1. The number of alkyl halides is 3. The zero-order chi connectivity index (χ0) is 18.1. The smallest absolute Gasteiger partial charge is 0.353 e. The van der Waals surface area contributed by atoms with Gasteiger partial charge in [-0.15, -0.1) is 0 Å². The average molecular weight is 356 g/mol. The van der Waals surface area contributed by atoms with Crippen LogP contribution in [0, 0.1) is 5.82 Å². The Morgan fingerprint density at radius 3 is 2.54 bits per heavy atom. The fraction of sp³-hybridized carbons (Fsp3) is 0.235. The molecule has 0 saturated heterocycles. The first-order valence-corrected chi connectivity index (χ1v) is 7.83. The van der Waals surface area contributed by atoms with Crippen molar-refractivity contribution in [1.29, 1.82) is 0 Å². The van der Waals surface area contributed by atoms with Gasteiger partial charge in [0.25, 0.3) is 0 Å². The molecule has 24 heavy (non-hydrogen) atoms. The van der Waals surface area contributed by atoms with Crippen molar-refractivity contribution < 1.29 is 17.6 Å². The van der Waals surface area contributed by atoms with E-state index >= 15 is 0 Å². The first-order chi connectivity index (χ1) is 11.1. The summed E-state index contributed by atoms with van der Waals surface area (Å²) in [6, 6.07) is 2.90. The number of nitrogens with zero attached hydrogens (tertiary/aromatic N) is 1. The van der Waals surface area contributed by atoms with Gasteiger partial charge in [-0.1, -0.05) is 31.0 Å². The van der Waals surface area contributed by atoms with Crippen LogP contribution in [0.1, 0.15) is 25.0 Å². The van der Waals surface area contributed by atoms with Gasteiger partial charge >= 0.3 is 6.18 Å². The molecule has 1 N–H and O–H groups in total. The van der Waals surface area contributed by atoms with Crippen molar-refractivity contribution in [1.82, 2.24) is 5.32 Å². The Morgan fingerprint density at radius 2 is 1.96 bits per heavy atom. The molecule has 0 fully saturated rings. The van der Waals surface area contributed by atoms with Crippen LogP contribution in [0.5, 0.6) is 0 Å². The SMILES string of the molecule is C=C1NC(C)=C(/C(C)=N/Cc2c(F)cccc2C(F)(F)F)C(=C)S1. The average Bonchev–Trinajstić information content (AvgIpc) is 2.43. The molecule has 0 unspecified atom stereocenters. The third kappa shape index (κ3) is 3.90. The maximum absolute atomic E-state index is 13.9. The summed E-state index contributed by atoms with van der Waals surface area (Å²) < 4.78 is 52.9. The fourth-order valence-electron chi connectivity index (χ4n) is 2.44. The highest BCUT2D eigenvalue weighted by atomic mass is 32.2. The molecular weight excluding hydrogens is 340 g/mol. The van der Waals surface area contributed by atoms with E-state index in [2.05, 4.69) is 23.5 Å². The predicted molar refractivity (Wildman–Crippen MR) is 89.9 cm³/mol. The molecule has 0 bridgehead atoms. The van der Waals surface area contributed by atoms with Crippen molar-refractivity contribution in [3.8, 4) is 0 Å². The zero-order valence-electron chi connectivity index (χ0n) is 13.2. The molecule has 0 saturated carbocycles. The number of thioether (sulfide) groups is 1. The van der Waals surface area contributed by atoms with Crippen molar-refractivity contribution in [3.05, 3.63) is 69.5 Å². The molecule has 1 aliphatic rings. The largest absolute Gasteiger partial charge is 0.416 e. The summed E-state index contributed by atoms with van der Waals surface area (Å²) in [7, 11) is 0. The van der Waals surface area contributed by atoms with E-state index in [0.717, 1.165) is 23.9 Å². The lowest BCUT2D eigenvalue weighted by atomic mass is 10.1. The lowest BCUT2D eigenvalue weighted by Crippen LogP contribution is -2.19. The maximum atomic E-state index is 13.9. The Kier molecular flexibility index (Phi) is 5.22. The van der Waals surface area contributed by atoms with E-state index in [1.165, 1.54) is 11.8 Å². The summed E-state index contributed by atoms with van der Waals surface area (Å²) in [5.41, 5.74) is 0.482. The van der Waals surface area contributed by atoms with E-state index in [9.17, 15) is 17.6 Å². The van der Waals surface area contributed by atoms with E-state index in [1.807, 2.05) is 0 Å². The molecule has 7 heteroatoms. The van der Waals surface area contributed by atoms with Crippen LogP contribution in [0.3, 0.4) is 0 Å². The summed E-state index contributed by atoms with van der Waals surface area (Å²) in [5.74, 6) is -0.921. The van der Waals surface area contributed by atoms with Gasteiger partial charge in [-0.2, -0.15) is 13.2 Å². The molecule has 1 aromatic carbocycles. The van der Waals surface area contributed by atoms with Gasteiger partial charge in [0.2, 0.25) is 0 Å². The van der Waals surface area contributed by atoms with Crippen LogP contribution < -0.4 is 5.32 Å². The number of nitrogens with one attached hydrogen (secondary N) is 1. The second kappa shape index (κ2) is 6.84. The van der Waals surface area contributed by atoms with Gasteiger partial charge in [-0.25, -0.2) is 4.39 Å². The van der Waals surface area contributed by atoms with Crippen molar-refractivity contribution >= 4 is 17.5 Å². The van der Waals surface area contributed by atoms with Crippen molar-refractivity contribution in [2.75, 3.05) is 0 Å². The second-order valence-electron chi connectivity index (χ2n) is 5.24. The standard InChI is InChI=1S/C17H16F4N2S/c1-9(16-10(2)23-12(4)24-11(16)3)22-8-13-14(17(19,20)21)6-5-7-15(13)18/h5-7,23H,3-4,8H2,1-2H3/b22-9+. The molecule has 0 aromatic heterocycles. The van der Waals surface area contributed by atoms with Crippen LogP contribution in [0.15, 0.2) is 57.6 Å². The highest BCUT2D eigenvalue weighted by molar-refractivity contribution is 8.07. The normalized spacial score (nSPS) is 16.5. The Morgan fingerprint density at radius 1 is 1.29 bits per heavy atom. The monoisotopic (exact) mass is 356 g/mol. The summed E-state index contributed by atoms with van der Waals surface area (Å²) >= 11 is 1.32. The van der Waals surface area contributed by atoms with E-state index in [4.69, 9.17) is 0 Å². The molecule has 128 valence electrons. The van der Waals surface area contributed by atoms with Gasteiger partial charge in [-0.05, 0) is 26.0 Å². The quantitative estimate of drug-likeness (QED) is 0.579. The van der Waals surface area contributed by atoms with Gasteiger partial charge in [0.1, 0.15) is 5.82 Å². The van der Waals surface area contributed by atoms with Crippen LogP contribution in [0.25, 0.3) is 0 Å². The van der Waals surface area contributed by atoms with Gasteiger partial charge in [0.15, 0.2) is 0 Å². The van der Waals surface area contributed by atoms with Gasteiger partial charge < -0.3 is 5.32 Å². The van der Waals surface area contributed by atoms with E-state index in [1.54, 1.807) is 13.8 Å². The lowest BCUT2D eigenvalue weighted by Gasteiger charge is -2.23. The van der Waals surface area contributed by atoms with Crippen LogP contribution in [0.2, 0.25) is 0 Å². The number of hydrogen-bond acceptors (Lipinski definition) is 3. The number of halogens is 4. The Labute approximate surface area is 142 Å². The lowest BCUT2D eigenvalue weighted by molar-refractivity contribution is -0.138. The molecule has 0 spiro atoms. The minimum Gasteiger partial charge on any atom is -0.353 e. The Hall–Kier alpha value is -2.02. The number of hydrogen-bond donors (Lipinski definition) is 1. The number of allylic oxidation sites excluding steroid dienone is 2. The van der Waals surface area contributed by atoms with E-state index in [0.29, 0.717) is 21.2 Å². The fourth-order valence-corrected chi connectivity index (χ4v) is 3.35. The number of rotatable bonds is 3. The van der Waals surface area contributed by atoms with E-state index in [-0.39, 0.29) is 0 Å². The summed E-state index contributed by atoms with van der Waals surface area (Å²) in [6.07, 6.45) is -4.63. The summed E-state index contributed by atoms with van der Waals surface area (Å²) in [4.78, 5) is 4.85. The first-order valence-electron chi connectivity index (χ1n) is 7.01. The first kappa shape index (κ1) is 18.3. The topological polar surface area (TPSA) is 24.4 Å². The van der Waals surface area contributed by atoms with Crippen molar-refractivity contribution in [3.63, 3.8) is 0 Å². The maximum Gasteiger partial charge on any atom is 0.416 e. The van der Waals surface area contributed by atoms with Crippen LogP contribution in [-0.4, -0.2) is 5.71 Å². The number of benzene rings is 1. The third-order valence-corrected chi connectivity index (χ3v) is 4.29. The molecule has 0 aliphatic carbocycles. The minimum absolute atomic E-state index is 0.400. The van der Waals surface area contributed by atoms with Crippen molar-refractivity contribution in [2.24, 2.45) is 4.99 Å². The predicted octanol–water partition coefficient (Wildman–Crippen LogP) is 5.40. The zero-order valence-corrected chi connectivity index (χ0v) is 14.0. The second-order valence-corrected chi connectivity index (χ2v) is 6.43. The Bertz CT molecular complexity index is 760. The van der Waals surface area contributed by atoms with Crippen LogP contribution >= 0.6 is 11.8 Å². The highest BCUT2D eigenvalue weighted by Crippen LogP contribution is 2.36. The molecule has 2 nitrogen and oxygen atoms in total. The van der Waals surface area contributed by atoms with Crippen LogP contribution in [0.4, 0.5) is 17.6 Å². The summed E-state index contributed by atoms with van der Waals surface area (Å²) in [5, 5.41) is 3.75. The molecule has 2 rings (SSSR count). The molecular formula is C17H16F4N2S. The van der Waals surface area contributed by atoms with Gasteiger partial charge in [-0.3, -0.25) is 4.99 Å². The molecule has 1 aromatic rings. The molecule has 0 amide bonds. The van der Waals surface area contributed by atoms with E-state index < -0.39 is 29.7 Å². The minimum atomic E-state index is -4.63. The highest BCUT2D eigenvalue weighted by Gasteiger charge is 2.34. The van der Waals surface area contributed by atoms with Crippen LogP contribution in [-0.2, 0) is 12.7 Å². The molecule has 1 aliphatic heterocycles. The van der Waals surface area contributed by atoms with Gasteiger partial charge in [0.05, 0.1) is 17.1 Å². The molecule has 0 atom stereocenters.